The highest BCUT2D eigenvalue weighted by Gasteiger charge is 2.28. The van der Waals surface area contributed by atoms with Crippen LogP contribution in [0.1, 0.15) is 13.8 Å². The van der Waals surface area contributed by atoms with E-state index >= 15 is 0 Å². The molecule has 19 heavy (non-hydrogen) atoms. The third-order valence-electron chi connectivity index (χ3n) is 3.67. The summed E-state index contributed by atoms with van der Waals surface area (Å²) in [6.45, 7) is 5.48. The van der Waals surface area contributed by atoms with Gasteiger partial charge in [0.15, 0.2) is 11.4 Å². The number of nitrogens with zero attached hydrogens (tertiary/aromatic N) is 1. The number of nitrogens with one attached hydrogen (secondary N) is 1. The Hall–Kier alpha value is -1.62. The minimum Gasteiger partial charge on any atom is -0.462 e. The predicted octanol–water partition coefficient (Wildman–Crippen LogP) is 2.90. The maximum absolute atomic E-state index is 14.2. The molecule has 0 aliphatic carbocycles. The van der Waals surface area contributed by atoms with Crippen LogP contribution in [0.3, 0.4) is 0 Å². The van der Waals surface area contributed by atoms with Crippen molar-refractivity contribution in [3.05, 3.63) is 30.0 Å². The van der Waals surface area contributed by atoms with Crippen LogP contribution in [0.2, 0.25) is 0 Å². The number of halogens is 2. The topological polar surface area (TPSA) is 28.4 Å². The number of hydrogen-bond acceptors (Lipinski definition) is 3. The van der Waals surface area contributed by atoms with E-state index in [-0.39, 0.29) is 12.1 Å². The van der Waals surface area contributed by atoms with Gasteiger partial charge >= 0.3 is 0 Å². The van der Waals surface area contributed by atoms with Gasteiger partial charge in [0.25, 0.3) is 0 Å². The van der Waals surface area contributed by atoms with Crippen molar-refractivity contribution in [2.24, 2.45) is 0 Å². The van der Waals surface area contributed by atoms with Crippen LogP contribution in [-0.2, 0) is 0 Å². The Morgan fingerprint density at radius 1 is 1.32 bits per heavy atom. The highest BCUT2D eigenvalue weighted by atomic mass is 19.1. The zero-order valence-electron chi connectivity index (χ0n) is 10.9. The van der Waals surface area contributed by atoms with Crippen LogP contribution in [0, 0.1) is 11.6 Å². The summed E-state index contributed by atoms with van der Waals surface area (Å²) in [5.41, 5.74) is 0.653. The van der Waals surface area contributed by atoms with Crippen molar-refractivity contribution in [3.63, 3.8) is 0 Å². The molecule has 0 spiro atoms. The molecule has 0 radical (unpaired) electrons. The molecule has 0 bridgehead atoms. The van der Waals surface area contributed by atoms with E-state index in [0.29, 0.717) is 23.2 Å². The van der Waals surface area contributed by atoms with Crippen molar-refractivity contribution in [1.82, 2.24) is 5.32 Å². The van der Waals surface area contributed by atoms with Crippen molar-refractivity contribution in [3.8, 4) is 0 Å². The summed E-state index contributed by atoms with van der Waals surface area (Å²) >= 11 is 0. The molecule has 1 aliphatic rings. The van der Waals surface area contributed by atoms with Gasteiger partial charge in [-0.1, -0.05) is 0 Å². The minimum atomic E-state index is -0.583. The fourth-order valence-corrected chi connectivity index (χ4v) is 2.65. The number of fused-ring (bicyclic) bond motifs is 1. The Bertz CT molecular complexity index is 611. The quantitative estimate of drug-likeness (QED) is 0.860. The van der Waals surface area contributed by atoms with Gasteiger partial charge in [-0.2, -0.15) is 0 Å². The van der Waals surface area contributed by atoms with Gasteiger partial charge in [-0.05, 0) is 19.9 Å². The largest absolute Gasteiger partial charge is 0.462 e. The molecule has 0 saturated carbocycles. The molecule has 0 unspecified atom stereocenters. The van der Waals surface area contributed by atoms with E-state index in [0.717, 1.165) is 12.6 Å². The summed E-state index contributed by atoms with van der Waals surface area (Å²) in [6, 6.07) is 2.85. The van der Waals surface area contributed by atoms with Gasteiger partial charge in [0, 0.05) is 31.2 Å². The van der Waals surface area contributed by atoms with E-state index in [1.54, 1.807) is 0 Å². The van der Waals surface area contributed by atoms with Crippen LogP contribution in [0.5, 0.6) is 0 Å². The molecular formula is C14H16F2N2O. The van der Waals surface area contributed by atoms with Crippen LogP contribution in [0.4, 0.5) is 14.5 Å². The molecule has 1 saturated heterocycles. The normalized spacial score (nSPS) is 24.1. The zero-order valence-corrected chi connectivity index (χ0v) is 10.9. The Labute approximate surface area is 110 Å². The SMILES string of the molecule is C[C@@H]1CN[C@@H](C)CN1c1c(F)cc(F)c2ccoc12. The van der Waals surface area contributed by atoms with E-state index in [1.807, 2.05) is 18.7 Å². The van der Waals surface area contributed by atoms with Crippen LogP contribution in [-0.4, -0.2) is 25.2 Å². The lowest BCUT2D eigenvalue weighted by atomic mass is 10.1. The molecule has 1 aromatic heterocycles. The van der Waals surface area contributed by atoms with Gasteiger partial charge in [0.1, 0.15) is 11.5 Å². The maximum Gasteiger partial charge on any atom is 0.163 e. The van der Waals surface area contributed by atoms with Crippen LogP contribution in [0.25, 0.3) is 11.0 Å². The van der Waals surface area contributed by atoms with Crippen molar-refractivity contribution >= 4 is 16.7 Å². The van der Waals surface area contributed by atoms with Crippen LogP contribution < -0.4 is 10.2 Å². The number of anilines is 1. The number of benzene rings is 1. The molecule has 2 heterocycles. The van der Waals surface area contributed by atoms with E-state index in [4.69, 9.17) is 4.42 Å². The second-order valence-corrected chi connectivity index (χ2v) is 5.16. The number of furan rings is 1. The molecule has 1 fully saturated rings. The first-order valence-corrected chi connectivity index (χ1v) is 6.43. The molecule has 102 valence electrons. The van der Waals surface area contributed by atoms with E-state index in [9.17, 15) is 8.78 Å². The van der Waals surface area contributed by atoms with Gasteiger partial charge in [0.2, 0.25) is 0 Å². The smallest absolute Gasteiger partial charge is 0.163 e. The second kappa shape index (κ2) is 4.49. The van der Waals surface area contributed by atoms with E-state index in [1.165, 1.54) is 12.3 Å². The summed E-state index contributed by atoms with van der Waals surface area (Å²) in [4.78, 5) is 1.95. The summed E-state index contributed by atoms with van der Waals surface area (Å²) in [5, 5.41) is 3.66. The average molecular weight is 266 g/mol. The number of rotatable bonds is 1. The first-order chi connectivity index (χ1) is 9.08. The van der Waals surface area contributed by atoms with Gasteiger partial charge in [0.05, 0.1) is 11.6 Å². The molecule has 2 aromatic rings. The van der Waals surface area contributed by atoms with Crippen molar-refractivity contribution in [2.75, 3.05) is 18.0 Å². The highest BCUT2D eigenvalue weighted by molar-refractivity contribution is 5.90. The third-order valence-corrected chi connectivity index (χ3v) is 3.67. The molecule has 1 aliphatic heterocycles. The molecule has 3 nitrogen and oxygen atoms in total. The molecular weight excluding hydrogens is 250 g/mol. The fraction of sp³-hybridized carbons (Fsp3) is 0.429. The van der Waals surface area contributed by atoms with E-state index in [2.05, 4.69) is 5.32 Å². The van der Waals surface area contributed by atoms with Gasteiger partial charge in [-0.15, -0.1) is 0 Å². The molecule has 0 amide bonds. The molecule has 1 N–H and O–H groups in total. The first kappa shape index (κ1) is 12.4. The van der Waals surface area contributed by atoms with E-state index < -0.39 is 11.6 Å². The van der Waals surface area contributed by atoms with Crippen molar-refractivity contribution < 1.29 is 13.2 Å². The lowest BCUT2D eigenvalue weighted by Crippen LogP contribution is -2.54. The van der Waals surface area contributed by atoms with Crippen molar-refractivity contribution in [1.29, 1.82) is 0 Å². The first-order valence-electron chi connectivity index (χ1n) is 6.43. The lowest BCUT2D eigenvalue weighted by molar-refractivity contribution is 0.419. The van der Waals surface area contributed by atoms with Crippen LogP contribution >= 0.6 is 0 Å². The number of piperazine rings is 1. The second-order valence-electron chi connectivity index (χ2n) is 5.16. The molecule has 5 heteroatoms. The summed E-state index contributed by atoms with van der Waals surface area (Å²) in [5.74, 6) is -1.15. The van der Waals surface area contributed by atoms with Crippen molar-refractivity contribution in [2.45, 2.75) is 25.9 Å². The third kappa shape index (κ3) is 1.98. The fourth-order valence-electron chi connectivity index (χ4n) is 2.65. The average Bonchev–Trinajstić information content (AvgIpc) is 2.83. The van der Waals surface area contributed by atoms with Gasteiger partial charge < -0.3 is 14.6 Å². The maximum atomic E-state index is 14.2. The summed E-state index contributed by atoms with van der Waals surface area (Å²) < 4.78 is 33.2. The molecule has 3 rings (SSSR count). The Kier molecular flexibility index (Phi) is 2.93. The Morgan fingerprint density at radius 3 is 2.89 bits per heavy atom. The Balaban J connectivity index is 2.16. The molecule has 1 aromatic carbocycles. The summed E-state index contributed by atoms with van der Waals surface area (Å²) in [7, 11) is 0. The standard InChI is InChI=1S/C14H16F2N2O/c1-8-7-18(9(2)6-17-8)13-12(16)5-11(15)10-3-4-19-14(10)13/h3-5,8-9,17H,6-7H2,1-2H3/t8-,9+/m0/s1. The minimum absolute atomic E-state index is 0.129. The van der Waals surface area contributed by atoms with Gasteiger partial charge in [-0.25, -0.2) is 8.78 Å². The molecule has 2 atom stereocenters. The lowest BCUT2D eigenvalue weighted by Gasteiger charge is -2.39. The predicted molar refractivity (Wildman–Crippen MR) is 70.4 cm³/mol. The monoisotopic (exact) mass is 266 g/mol. The number of hydrogen-bond donors (Lipinski definition) is 1. The summed E-state index contributed by atoms with van der Waals surface area (Å²) in [6.07, 6.45) is 1.40. The van der Waals surface area contributed by atoms with Crippen LogP contribution in [0.15, 0.2) is 22.8 Å². The van der Waals surface area contributed by atoms with Gasteiger partial charge in [-0.3, -0.25) is 0 Å². The highest BCUT2D eigenvalue weighted by Crippen LogP contribution is 2.34. The Morgan fingerprint density at radius 2 is 2.11 bits per heavy atom. The zero-order chi connectivity index (χ0) is 13.6.